The van der Waals surface area contributed by atoms with Crippen molar-refractivity contribution in [1.82, 2.24) is 0 Å². The van der Waals surface area contributed by atoms with Crippen molar-refractivity contribution in [3.63, 3.8) is 0 Å². The minimum atomic E-state index is 0.132. The van der Waals surface area contributed by atoms with E-state index in [-0.39, 0.29) is 12.1 Å². The maximum Gasteiger partial charge on any atom is 0.0896 e. The second-order valence-corrected chi connectivity index (χ2v) is 7.36. The van der Waals surface area contributed by atoms with Gasteiger partial charge >= 0.3 is 0 Å². The molecule has 0 radical (unpaired) electrons. The Kier molecular flexibility index (Phi) is 3.89. The van der Waals surface area contributed by atoms with E-state index < -0.39 is 0 Å². The topological polar surface area (TPSA) is 21.3 Å². The quantitative estimate of drug-likeness (QED) is 0.683. The van der Waals surface area contributed by atoms with Crippen LogP contribution in [0.1, 0.15) is 36.1 Å². The second kappa shape index (κ2) is 5.88. The predicted molar refractivity (Wildman–Crippen MR) is 93.4 cm³/mol. The van der Waals surface area contributed by atoms with Crippen molar-refractivity contribution in [1.29, 1.82) is 0 Å². The standard InChI is InChI=1S/C18H17BrClNO/c19-12-4-1-3-11(9-12)17-14-5-2-8-22-18(14)15-10-13(20)6-7-16(15)21-17/h1,3-4,6-7,9-10,14,17-18,21H,2,5,8H2/t14-,17+,18-/m1/s1. The van der Waals surface area contributed by atoms with Crippen LogP contribution in [0.2, 0.25) is 5.02 Å². The van der Waals surface area contributed by atoms with E-state index >= 15 is 0 Å². The lowest BCUT2D eigenvalue weighted by Crippen LogP contribution is -2.36. The number of anilines is 1. The molecule has 0 aromatic heterocycles. The van der Waals surface area contributed by atoms with Gasteiger partial charge in [0.05, 0.1) is 12.1 Å². The molecular formula is C18H17BrClNO. The van der Waals surface area contributed by atoms with Gasteiger partial charge in [0.15, 0.2) is 0 Å². The van der Waals surface area contributed by atoms with Crippen molar-refractivity contribution in [3.05, 3.63) is 63.1 Å². The molecular weight excluding hydrogens is 362 g/mol. The molecule has 0 bridgehead atoms. The molecule has 2 aromatic carbocycles. The first-order valence-corrected chi connectivity index (χ1v) is 8.82. The summed E-state index contributed by atoms with van der Waals surface area (Å²) in [5.74, 6) is 0.439. The number of fused-ring (bicyclic) bond motifs is 3. The molecule has 0 aliphatic carbocycles. The van der Waals surface area contributed by atoms with Crippen LogP contribution in [0, 0.1) is 5.92 Å². The van der Waals surface area contributed by atoms with E-state index in [1.807, 2.05) is 12.1 Å². The van der Waals surface area contributed by atoms with Crippen LogP contribution in [-0.4, -0.2) is 6.61 Å². The molecule has 22 heavy (non-hydrogen) atoms. The molecule has 2 heterocycles. The lowest BCUT2D eigenvalue weighted by atomic mass is 9.77. The van der Waals surface area contributed by atoms with E-state index in [0.717, 1.165) is 28.2 Å². The maximum atomic E-state index is 6.19. The van der Waals surface area contributed by atoms with Gasteiger partial charge in [-0.3, -0.25) is 0 Å². The lowest BCUT2D eigenvalue weighted by molar-refractivity contribution is -0.0381. The van der Waals surface area contributed by atoms with Gasteiger partial charge in [-0.15, -0.1) is 0 Å². The number of halogens is 2. The Morgan fingerprint density at radius 1 is 1.18 bits per heavy atom. The Hall–Kier alpha value is -1.03. The molecule has 2 aliphatic heterocycles. The first kappa shape index (κ1) is 14.6. The van der Waals surface area contributed by atoms with Gasteiger partial charge in [-0.2, -0.15) is 0 Å². The zero-order valence-corrected chi connectivity index (χ0v) is 14.4. The van der Waals surface area contributed by atoms with Crippen LogP contribution in [0.25, 0.3) is 0 Å². The van der Waals surface area contributed by atoms with Crippen molar-refractivity contribution in [3.8, 4) is 0 Å². The first-order valence-electron chi connectivity index (χ1n) is 7.65. The molecule has 3 atom stereocenters. The molecule has 1 saturated heterocycles. The first-order chi connectivity index (χ1) is 10.7. The van der Waals surface area contributed by atoms with E-state index in [9.17, 15) is 0 Å². The Morgan fingerprint density at radius 3 is 2.95 bits per heavy atom. The van der Waals surface area contributed by atoms with Crippen LogP contribution in [0.5, 0.6) is 0 Å². The zero-order valence-electron chi connectivity index (χ0n) is 12.1. The highest BCUT2D eigenvalue weighted by Crippen LogP contribution is 2.49. The van der Waals surface area contributed by atoms with E-state index in [4.69, 9.17) is 16.3 Å². The van der Waals surface area contributed by atoms with Crippen molar-refractivity contribution >= 4 is 33.2 Å². The number of rotatable bonds is 1. The molecule has 2 nitrogen and oxygen atoms in total. The van der Waals surface area contributed by atoms with Crippen LogP contribution in [0.3, 0.4) is 0 Å². The lowest BCUT2D eigenvalue weighted by Gasteiger charge is -2.43. The molecule has 2 aromatic rings. The summed E-state index contributed by atoms with van der Waals surface area (Å²) in [7, 11) is 0. The van der Waals surface area contributed by atoms with Crippen molar-refractivity contribution in [2.45, 2.75) is 25.0 Å². The second-order valence-electron chi connectivity index (χ2n) is 6.01. The highest BCUT2D eigenvalue weighted by molar-refractivity contribution is 9.10. The largest absolute Gasteiger partial charge is 0.378 e. The molecule has 114 valence electrons. The fourth-order valence-electron chi connectivity index (χ4n) is 3.67. The summed E-state index contributed by atoms with van der Waals surface area (Å²) >= 11 is 9.77. The minimum Gasteiger partial charge on any atom is -0.378 e. The molecule has 0 spiro atoms. The molecule has 4 heteroatoms. The summed E-state index contributed by atoms with van der Waals surface area (Å²) in [6.45, 7) is 0.832. The predicted octanol–water partition coefficient (Wildman–Crippen LogP) is 5.74. The molecule has 0 saturated carbocycles. The van der Waals surface area contributed by atoms with E-state index in [1.165, 1.54) is 17.5 Å². The number of hydrogen-bond acceptors (Lipinski definition) is 2. The fraction of sp³-hybridized carbons (Fsp3) is 0.333. The summed E-state index contributed by atoms with van der Waals surface area (Å²) in [4.78, 5) is 0. The molecule has 0 amide bonds. The van der Waals surface area contributed by atoms with Gasteiger partial charge in [-0.1, -0.05) is 39.7 Å². The van der Waals surface area contributed by atoms with Crippen LogP contribution >= 0.6 is 27.5 Å². The molecule has 2 aliphatic rings. The monoisotopic (exact) mass is 377 g/mol. The summed E-state index contributed by atoms with van der Waals surface area (Å²) in [5.41, 5.74) is 3.64. The summed E-state index contributed by atoms with van der Waals surface area (Å²) in [6.07, 6.45) is 2.41. The minimum absolute atomic E-state index is 0.132. The van der Waals surface area contributed by atoms with Gasteiger partial charge < -0.3 is 10.1 Å². The van der Waals surface area contributed by atoms with Gasteiger partial charge in [0, 0.05) is 33.3 Å². The van der Waals surface area contributed by atoms with E-state index in [2.05, 4.69) is 51.6 Å². The number of nitrogens with one attached hydrogen (secondary N) is 1. The SMILES string of the molecule is Clc1ccc2c(c1)[C@@H]1OCCC[C@@H]1[C@H](c1cccc(Br)c1)N2. The van der Waals surface area contributed by atoms with Crippen LogP contribution in [0.15, 0.2) is 46.9 Å². The van der Waals surface area contributed by atoms with Crippen molar-refractivity contribution in [2.75, 3.05) is 11.9 Å². The Labute approximate surface area is 144 Å². The summed E-state index contributed by atoms with van der Waals surface area (Å²) in [5, 5.41) is 4.48. The fourth-order valence-corrected chi connectivity index (χ4v) is 4.27. The Bertz CT molecular complexity index is 705. The average molecular weight is 379 g/mol. The van der Waals surface area contributed by atoms with Gasteiger partial charge in [0.1, 0.15) is 0 Å². The number of hydrogen-bond donors (Lipinski definition) is 1. The summed E-state index contributed by atoms with van der Waals surface area (Å²) in [6, 6.07) is 14.9. The maximum absolute atomic E-state index is 6.19. The summed E-state index contributed by atoms with van der Waals surface area (Å²) < 4.78 is 7.25. The highest BCUT2D eigenvalue weighted by Gasteiger charge is 2.39. The third-order valence-electron chi connectivity index (χ3n) is 4.64. The van der Waals surface area contributed by atoms with Gasteiger partial charge in [-0.05, 0) is 48.7 Å². The Balaban J connectivity index is 1.79. The Morgan fingerprint density at radius 2 is 2.09 bits per heavy atom. The normalized spacial score (nSPS) is 26.7. The number of benzene rings is 2. The number of ether oxygens (including phenoxy) is 1. The third-order valence-corrected chi connectivity index (χ3v) is 5.36. The van der Waals surface area contributed by atoms with Crippen molar-refractivity contribution in [2.24, 2.45) is 5.92 Å². The van der Waals surface area contributed by atoms with E-state index in [0.29, 0.717) is 5.92 Å². The van der Waals surface area contributed by atoms with Gasteiger partial charge in [-0.25, -0.2) is 0 Å². The average Bonchev–Trinajstić information content (AvgIpc) is 2.54. The van der Waals surface area contributed by atoms with Crippen LogP contribution in [-0.2, 0) is 4.74 Å². The van der Waals surface area contributed by atoms with Crippen LogP contribution < -0.4 is 5.32 Å². The third kappa shape index (κ3) is 2.55. The molecule has 4 rings (SSSR count). The van der Waals surface area contributed by atoms with E-state index in [1.54, 1.807) is 0 Å². The zero-order chi connectivity index (χ0) is 15.1. The highest BCUT2D eigenvalue weighted by atomic mass is 79.9. The smallest absolute Gasteiger partial charge is 0.0896 e. The molecule has 1 fully saturated rings. The van der Waals surface area contributed by atoms with Crippen LogP contribution in [0.4, 0.5) is 5.69 Å². The molecule has 0 unspecified atom stereocenters. The van der Waals surface area contributed by atoms with Gasteiger partial charge in [0.2, 0.25) is 0 Å². The molecule has 1 N–H and O–H groups in total. The van der Waals surface area contributed by atoms with Crippen molar-refractivity contribution < 1.29 is 4.74 Å². The van der Waals surface area contributed by atoms with Gasteiger partial charge in [0.25, 0.3) is 0 Å².